The maximum Gasteiger partial charge on any atom is 0.292 e. The molecule has 1 heterocycles. The van der Waals surface area contributed by atoms with Crippen molar-refractivity contribution in [3.05, 3.63) is 34.3 Å². The third kappa shape index (κ3) is 5.60. The Bertz CT molecular complexity index is 884. The molecule has 144 valence electrons. The number of aliphatic imine (C=N–C) groups is 1. The van der Waals surface area contributed by atoms with Gasteiger partial charge in [-0.05, 0) is 45.6 Å². The van der Waals surface area contributed by atoms with Gasteiger partial charge in [-0.25, -0.2) is 4.98 Å². The molecule has 0 aliphatic carbocycles. The summed E-state index contributed by atoms with van der Waals surface area (Å²) in [4.78, 5) is 34.6. The lowest BCUT2D eigenvalue weighted by Gasteiger charge is -2.11. The number of anilines is 1. The summed E-state index contributed by atoms with van der Waals surface area (Å²) in [6.07, 6.45) is 0.406. The van der Waals surface area contributed by atoms with Crippen LogP contribution in [-0.4, -0.2) is 48.3 Å². The van der Waals surface area contributed by atoms with E-state index in [0.717, 1.165) is 11.1 Å². The second-order valence-corrected chi connectivity index (χ2v) is 7.41. The highest BCUT2D eigenvalue weighted by atomic mass is 32.1. The van der Waals surface area contributed by atoms with Crippen molar-refractivity contribution < 1.29 is 9.59 Å². The van der Waals surface area contributed by atoms with Crippen molar-refractivity contribution in [3.8, 4) is 10.6 Å². The first-order valence-corrected chi connectivity index (χ1v) is 9.16. The number of nitrogens with zero attached hydrogens (tertiary/aromatic N) is 3. The first-order valence-electron chi connectivity index (χ1n) is 8.34. The van der Waals surface area contributed by atoms with E-state index >= 15 is 0 Å². The monoisotopic (exact) mass is 388 g/mol. The molecule has 0 saturated carbocycles. The number of nitrogens with two attached hydrogens (primary N) is 2. The van der Waals surface area contributed by atoms with Crippen LogP contribution in [0, 0.1) is 13.8 Å². The molecule has 2 aromatic rings. The highest BCUT2D eigenvalue weighted by Crippen LogP contribution is 2.32. The third-order valence-electron chi connectivity index (χ3n) is 3.76. The fraction of sp³-hybridized carbons (Fsp3) is 0.333. The summed E-state index contributed by atoms with van der Waals surface area (Å²) in [6.45, 7) is 4.35. The fourth-order valence-electron chi connectivity index (χ4n) is 2.36. The molecule has 0 atom stereocenters. The summed E-state index contributed by atoms with van der Waals surface area (Å²) in [5.41, 5.74) is 13.6. The Morgan fingerprint density at radius 2 is 1.96 bits per heavy atom. The van der Waals surface area contributed by atoms with E-state index in [1.807, 2.05) is 44.1 Å². The average molecular weight is 388 g/mol. The van der Waals surface area contributed by atoms with E-state index < -0.39 is 5.91 Å². The number of amides is 2. The van der Waals surface area contributed by atoms with Gasteiger partial charge in [0.05, 0.1) is 5.69 Å². The summed E-state index contributed by atoms with van der Waals surface area (Å²) in [6, 6.07) is 5.61. The minimum Gasteiger partial charge on any atom is -0.370 e. The van der Waals surface area contributed by atoms with Gasteiger partial charge in [0.25, 0.3) is 5.91 Å². The quantitative estimate of drug-likeness (QED) is 0.511. The molecule has 0 saturated heterocycles. The van der Waals surface area contributed by atoms with Crippen molar-refractivity contribution in [1.29, 1.82) is 0 Å². The zero-order chi connectivity index (χ0) is 20.1. The first-order chi connectivity index (χ1) is 12.7. The Kier molecular flexibility index (Phi) is 6.65. The number of nitrogens with one attached hydrogen (secondary N) is 1. The van der Waals surface area contributed by atoms with Crippen molar-refractivity contribution in [2.24, 2.45) is 16.5 Å². The van der Waals surface area contributed by atoms with E-state index in [2.05, 4.69) is 15.3 Å². The second kappa shape index (κ2) is 8.74. The number of carbonyl (C=O) groups excluding carboxylic acids is 2. The molecule has 1 aromatic carbocycles. The molecule has 27 heavy (non-hydrogen) atoms. The van der Waals surface area contributed by atoms with E-state index in [9.17, 15) is 9.59 Å². The maximum absolute atomic E-state index is 12.1. The number of guanidine groups is 1. The van der Waals surface area contributed by atoms with E-state index in [1.54, 1.807) is 6.92 Å². The van der Waals surface area contributed by atoms with E-state index in [-0.39, 0.29) is 11.9 Å². The summed E-state index contributed by atoms with van der Waals surface area (Å²) >= 11 is 1.22. The van der Waals surface area contributed by atoms with Gasteiger partial charge in [-0.15, -0.1) is 11.3 Å². The summed E-state index contributed by atoms with van der Waals surface area (Å²) < 4.78 is 0. The standard InChI is InChI=1S/C18H24N6O2S/c1-10-5-6-12(22-14(25)7-8-24(3)4)9-13(10)17-21-11(2)15(27-17)16(26)23-18(19)20/h5-6,9H,7-8H2,1-4H3,(H,22,25)(H4,19,20,23,26). The van der Waals surface area contributed by atoms with Crippen LogP contribution >= 0.6 is 11.3 Å². The molecule has 8 nitrogen and oxygen atoms in total. The fourth-order valence-corrected chi connectivity index (χ4v) is 3.39. The number of hydrogen-bond donors (Lipinski definition) is 3. The number of aryl methyl sites for hydroxylation is 2. The van der Waals surface area contributed by atoms with Gasteiger partial charge in [-0.3, -0.25) is 9.59 Å². The number of carbonyl (C=O) groups is 2. The largest absolute Gasteiger partial charge is 0.370 e. The van der Waals surface area contributed by atoms with Crippen LogP contribution in [0.1, 0.15) is 27.3 Å². The van der Waals surface area contributed by atoms with Crippen molar-refractivity contribution in [2.75, 3.05) is 26.0 Å². The van der Waals surface area contributed by atoms with Gasteiger partial charge in [0, 0.05) is 24.2 Å². The lowest BCUT2D eigenvalue weighted by molar-refractivity contribution is -0.116. The van der Waals surface area contributed by atoms with Gasteiger partial charge in [0.15, 0.2) is 5.96 Å². The zero-order valence-electron chi connectivity index (χ0n) is 15.9. The number of thiazole rings is 1. The molecule has 5 N–H and O–H groups in total. The summed E-state index contributed by atoms with van der Waals surface area (Å²) in [5, 5.41) is 3.56. The van der Waals surface area contributed by atoms with E-state index in [0.29, 0.717) is 34.2 Å². The molecule has 0 bridgehead atoms. The number of aromatic nitrogens is 1. The molecule has 0 aliphatic rings. The number of rotatable bonds is 6. The minimum absolute atomic E-state index is 0.0579. The van der Waals surface area contributed by atoms with Crippen LogP contribution in [0.2, 0.25) is 0 Å². The Morgan fingerprint density at radius 3 is 2.59 bits per heavy atom. The van der Waals surface area contributed by atoms with Crippen LogP contribution in [0.5, 0.6) is 0 Å². The first kappa shape index (κ1) is 20.5. The van der Waals surface area contributed by atoms with E-state index in [1.165, 1.54) is 11.3 Å². The topological polar surface area (TPSA) is 127 Å². The highest BCUT2D eigenvalue weighted by Gasteiger charge is 2.17. The summed E-state index contributed by atoms with van der Waals surface area (Å²) in [5.74, 6) is -0.854. The molecule has 0 radical (unpaired) electrons. The molecule has 1 aromatic heterocycles. The van der Waals surface area contributed by atoms with Crippen LogP contribution in [-0.2, 0) is 4.79 Å². The number of hydrogen-bond acceptors (Lipinski definition) is 5. The number of benzene rings is 1. The Morgan fingerprint density at radius 1 is 1.26 bits per heavy atom. The van der Waals surface area contributed by atoms with Gasteiger partial charge in [-0.2, -0.15) is 4.99 Å². The molecule has 0 unspecified atom stereocenters. The van der Waals surface area contributed by atoms with Crippen LogP contribution in [0.4, 0.5) is 5.69 Å². The van der Waals surface area contributed by atoms with Gasteiger partial charge in [0.2, 0.25) is 5.91 Å². The normalized spacial score (nSPS) is 10.7. The lowest BCUT2D eigenvalue weighted by Crippen LogP contribution is -2.24. The van der Waals surface area contributed by atoms with Crippen molar-refractivity contribution in [1.82, 2.24) is 9.88 Å². The molecule has 0 aliphatic heterocycles. The Hall–Kier alpha value is -2.78. The van der Waals surface area contributed by atoms with Crippen LogP contribution in [0.15, 0.2) is 23.2 Å². The molecular formula is C18H24N6O2S. The predicted octanol–water partition coefficient (Wildman–Crippen LogP) is 1.73. The molecular weight excluding hydrogens is 364 g/mol. The van der Waals surface area contributed by atoms with Crippen LogP contribution in [0.25, 0.3) is 10.6 Å². The van der Waals surface area contributed by atoms with Gasteiger partial charge in [0.1, 0.15) is 9.88 Å². The average Bonchev–Trinajstić information content (AvgIpc) is 2.96. The Labute approximate surface area is 162 Å². The van der Waals surface area contributed by atoms with Crippen molar-refractivity contribution >= 4 is 34.8 Å². The lowest BCUT2D eigenvalue weighted by atomic mass is 10.1. The molecule has 9 heteroatoms. The predicted molar refractivity (Wildman–Crippen MR) is 109 cm³/mol. The summed E-state index contributed by atoms with van der Waals surface area (Å²) in [7, 11) is 3.84. The van der Waals surface area contributed by atoms with Gasteiger partial charge in [-0.1, -0.05) is 6.07 Å². The van der Waals surface area contributed by atoms with E-state index in [4.69, 9.17) is 11.5 Å². The van der Waals surface area contributed by atoms with Crippen LogP contribution < -0.4 is 16.8 Å². The molecule has 0 fully saturated rings. The van der Waals surface area contributed by atoms with Crippen molar-refractivity contribution in [2.45, 2.75) is 20.3 Å². The molecule has 2 rings (SSSR count). The molecule has 2 amide bonds. The second-order valence-electron chi connectivity index (χ2n) is 6.41. The smallest absolute Gasteiger partial charge is 0.292 e. The van der Waals surface area contributed by atoms with Crippen LogP contribution in [0.3, 0.4) is 0 Å². The SMILES string of the molecule is Cc1ccc(NC(=O)CCN(C)C)cc1-c1nc(C)c(C(=O)N=C(N)N)s1. The Balaban J connectivity index is 2.27. The minimum atomic E-state index is -0.512. The zero-order valence-corrected chi connectivity index (χ0v) is 16.7. The van der Waals surface area contributed by atoms with Gasteiger partial charge < -0.3 is 21.7 Å². The molecule has 0 spiro atoms. The van der Waals surface area contributed by atoms with Crippen molar-refractivity contribution in [3.63, 3.8) is 0 Å². The third-order valence-corrected chi connectivity index (χ3v) is 4.94. The maximum atomic E-state index is 12.1. The highest BCUT2D eigenvalue weighted by molar-refractivity contribution is 7.17. The van der Waals surface area contributed by atoms with Gasteiger partial charge >= 0.3 is 0 Å².